The molecule has 0 atom stereocenters. The van der Waals surface area contributed by atoms with Gasteiger partial charge in [-0.25, -0.2) is 13.8 Å². The predicted molar refractivity (Wildman–Crippen MR) is 174 cm³/mol. The first-order chi connectivity index (χ1) is 21.9. The van der Waals surface area contributed by atoms with Gasteiger partial charge in [0.1, 0.15) is 29.7 Å². The first-order valence-corrected chi connectivity index (χ1v) is 19.0. The second kappa shape index (κ2) is 13.7. The fourth-order valence-corrected chi connectivity index (χ4v) is 6.12. The number of fused-ring (bicyclic) bond motifs is 1. The van der Waals surface area contributed by atoms with Crippen LogP contribution in [0.2, 0.25) is 25.7 Å². The molecule has 46 heavy (non-hydrogen) atoms. The second-order valence-electron chi connectivity index (χ2n) is 13.4. The molecular weight excluding hydrogens is 608 g/mol. The molecule has 8 nitrogen and oxygen atoms in total. The summed E-state index contributed by atoms with van der Waals surface area (Å²) in [5, 5.41) is 10.4. The molecule has 0 saturated carbocycles. The lowest BCUT2D eigenvalue weighted by molar-refractivity contribution is -0.125. The van der Waals surface area contributed by atoms with Crippen LogP contribution >= 0.6 is 0 Å². The number of ether oxygens (including phenoxy) is 4. The minimum Gasteiger partial charge on any atom is -0.497 e. The van der Waals surface area contributed by atoms with E-state index in [4.69, 9.17) is 18.9 Å². The Labute approximate surface area is 268 Å². The molecule has 1 aliphatic rings. The average molecular weight is 648 g/mol. The molecule has 1 fully saturated rings. The predicted octanol–water partition coefficient (Wildman–Crippen LogP) is 7.89. The Morgan fingerprint density at radius 2 is 1.87 bits per heavy atom. The molecule has 5 rings (SSSR count). The molecule has 2 aromatic heterocycles. The molecule has 0 radical (unpaired) electrons. The van der Waals surface area contributed by atoms with Crippen molar-refractivity contribution in [2.75, 3.05) is 26.9 Å². The molecule has 0 aliphatic carbocycles. The van der Waals surface area contributed by atoms with Crippen molar-refractivity contribution in [2.45, 2.75) is 58.6 Å². The topological polar surface area (TPSA) is 95.6 Å². The molecule has 242 valence electrons. The molecule has 1 saturated heterocycles. The number of pyridine rings is 1. The van der Waals surface area contributed by atoms with Crippen LogP contribution in [0.4, 0.5) is 8.78 Å². The van der Waals surface area contributed by atoms with Gasteiger partial charge in [-0.2, -0.15) is 5.26 Å². The maximum Gasteiger partial charge on any atom is 0.198 e. The number of rotatable bonds is 14. The van der Waals surface area contributed by atoms with E-state index in [0.717, 1.165) is 18.2 Å². The fraction of sp³-hybridized carbons (Fsp3) is 0.400. The number of methoxy groups -OCH3 is 1. The molecule has 0 N–H and O–H groups in total. The summed E-state index contributed by atoms with van der Waals surface area (Å²) < 4.78 is 55.2. The highest BCUT2D eigenvalue weighted by Crippen LogP contribution is 2.41. The summed E-state index contributed by atoms with van der Waals surface area (Å²) in [5.41, 5.74) is 2.19. The van der Waals surface area contributed by atoms with Crippen LogP contribution < -0.4 is 9.47 Å². The second-order valence-corrected chi connectivity index (χ2v) is 19.0. The average Bonchev–Trinajstić information content (AvgIpc) is 3.37. The summed E-state index contributed by atoms with van der Waals surface area (Å²) in [4.78, 5) is 17.1. The zero-order valence-corrected chi connectivity index (χ0v) is 27.9. The van der Waals surface area contributed by atoms with Crippen molar-refractivity contribution in [1.29, 1.82) is 5.26 Å². The summed E-state index contributed by atoms with van der Waals surface area (Å²) in [6.45, 7) is 10.9. The normalized spacial score (nSPS) is 14.1. The number of benzene rings is 2. The number of nitrogens with zero attached hydrogens (tertiary/aromatic N) is 3. The molecule has 0 spiro atoms. The molecule has 0 amide bonds. The van der Waals surface area contributed by atoms with Crippen LogP contribution in [0.5, 0.6) is 17.2 Å². The maximum absolute atomic E-state index is 15.4. The monoisotopic (exact) mass is 647 g/mol. The molecule has 2 aromatic carbocycles. The fourth-order valence-electron chi connectivity index (χ4n) is 5.37. The number of nitriles is 1. The molecule has 0 bridgehead atoms. The van der Waals surface area contributed by atoms with Gasteiger partial charge in [0.25, 0.3) is 0 Å². The summed E-state index contributed by atoms with van der Waals surface area (Å²) in [7, 11) is 0.201. The lowest BCUT2D eigenvalue weighted by atomic mass is 9.82. The van der Waals surface area contributed by atoms with Gasteiger partial charge in [0.15, 0.2) is 17.4 Å². The molecule has 0 unspecified atom stereocenters. The smallest absolute Gasteiger partial charge is 0.198 e. The van der Waals surface area contributed by atoms with Crippen molar-refractivity contribution in [2.24, 2.45) is 5.41 Å². The highest BCUT2D eigenvalue weighted by atomic mass is 28.3. The van der Waals surface area contributed by atoms with Gasteiger partial charge in [0.05, 0.1) is 37.3 Å². The van der Waals surface area contributed by atoms with Gasteiger partial charge in [-0.3, -0.25) is 4.79 Å². The molecule has 11 heteroatoms. The van der Waals surface area contributed by atoms with Crippen LogP contribution in [0.1, 0.15) is 30.9 Å². The van der Waals surface area contributed by atoms with E-state index in [0.29, 0.717) is 66.1 Å². The van der Waals surface area contributed by atoms with Crippen molar-refractivity contribution < 1.29 is 32.5 Å². The van der Waals surface area contributed by atoms with Gasteiger partial charge in [-0.15, -0.1) is 0 Å². The first kappa shape index (κ1) is 33.3. The van der Waals surface area contributed by atoms with E-state index in [2.05, 4.69) is 37.6 Å². The Morgan fingerprint density at radius 1 is 1.13 bits per heavy atom. The van der Waals surface area contributed by atoms with Gasteiger partial charge >= 0.3 is 0 Å². The van der Waals surface area contributed by atoms with Crippen LogP contribution in [0.25, 0.3) is 22.2 Å². The maximum atomic E-state index is 15.4. The van der Waals surface area contributed by atoms with E-state index in [1.165, 1.54) is 19.4 Å². The van der Waals surface area contributed by atoms with Crippen LogP contribution in [0.15, 0.2) is 48.8 Å². The number of aromatic nitrogens is 2. The van der Waals surface area contributed by atoms with Gasteiger partial charge in [0.2, 0.25) is 0 Å². The van der Waals surface area contributed by atoms with Crippen LogP contribution in [-0.2, 0) is 27.4 Å². The van der Waals surface area contributed by atoms with E-state index in [1.807, 2.05) is 0 Å². The lowest BCUT2D eigenvalue weighted by Gasteiger charge is -2.37. The minimum absolute atomic E-state index is 0.0164. The van der Waals surface area contributed by atoms with Gasteiger partial charge in [0, 0.05) is 56.5 Å². The Hall–Kier alpha value is -4.11. The zero-order chi connectivity index (χ0) is 33.1. The number of hydrogen-bond donors (Lipinski definition) is 0. The summed E-state index contributed by atoms with van der Waals surface area (Å²) in [6, 6.07) is 12.1. The van der Waals surface area contributed by atoms with Crippen LogP contribution in [-0.4, -0.2) is 50.3 Å². The van der Waals surface area contributed by atoms with Gasteiger partial charge in [-0.05, 0) is 54.4 Å². The molecular formula is C35H39F2N3O5Si. The standard InChI is InChI=1S/C35H39F2N3O5Si/c1-35(20-44-21-35)10-8-25(41)14-23-15-29(36)33(30(37)16-23)45-31-9-11-39-34-32(31)28(19-40(34)22-43-12-13-46(3,4)5)27-7-6-26(42-2)17-24(27)18-38/h6-7,9,11,15-17,19H,8,10,12-14,20-22H2,1-5H3. The summed E-state index contributed by atoms with van der Waals surface area (Å²) in [5.74, 6) is -1.87. The number of carbonyl (C=O) groups is 1. The van der Waals surface area contributed by atoms with Gasteiger partial charge in [-0.1, -0.05) is 26.6 Å². The summed E-state index contributed by atoms with van der Waals surface area (Å²) >= 11 is 0. The van der Waals surface area contributed by atoms with Crippen molar-refractivity contribution in [3.63, 3.8) is 0 Å². The highest BCUT2D eigenvalue weighted by molar-refractivity contribution is 6.76. The summed E-state index contributed by atoms with van der Waals surface area (Å²) in [6.07, 6.45) is 4.20. The first-order valence-electron chi connectivity index (χ1n) is 15.3. The van der Waals surface area contributed by atoms with E-state index in [9.17, 15) is 10.1 Å². The SMILES string of the molecule is COc1ccc(-c2cn(COCC[Si](C)(C)C)c3nccc(Oc4c(F)cc(CC(=O)CCC5(C)COC5)cc4F)c23)c(C#N)c1. The van der Waals surface area contributed by atoms with E-state index >= 15 is 8.78 Å². The zero-order valence-electron chi connectivity index (χ0n) is 26.9. The third-order valence-corrected chi connectivity index (χ3v) is 9.87. The third kappa shape index (κ3) is 7.63. The number of Topliss-reactive ketones (excluding diaryl/α,β-unsaturated/α-hetero) is 1. The highest BCUT2D eigenvalue weighted by Gasteiger charge is 2.33. The Kier molecular flexibility index (Phi) is 9.91. The van der Waals surface area contributed by atoms with Crippen molar-refractivity contribution >= 4 is 24.9 Å². The Bertz CT molecular complexity index is 1770. The van der Waals surface area contributed by atoms with E-state index in [1.54, 1.807) is 29.0 Å². The molecule has 1 aliphatic heterocycles. The van der Waals surface area contributed by atoms with E-state index < -0.39 is 25.5 Å². The number of halogens is 2. The Balaban J connectivity index is 1.47. The number of carbonyl (C=O) groups excluding carboxylic acids is 1. The van der Waals surface area contributed by atoms with Crippen molar-refractivity contribution in [1.82, 2.24) is 9.55 Å². The molecule has 4 aromatic rings. The van der Waals surface area contributed by atoms with Crippen LogP contribution in [0.3, 0.4) is 0 Å². The molecule has 3 heterocycles. The largest absolute Gasteiger partial charge is 0.497 e. The Morgan fingerprint density at radius 3 is 2.50 bits per heavy atom. The lowest BCUT2D eigenvalue weighted by Crippen LogP contribution is -2.40. The quantitative estimate of drug-likeness (QED) is 0.101. The number of ketones is 1. The van der Waals surface area contributed by atoms with E-state index in [-0.39, 0.29) is 35.7 Å². The minimum atomic E-state index is -1.32. The third-order valence-electron chi connectivity index (χ3n) is 8.16. The number of hydrogen-bond acceptors (Lipinski definition) is 7. The van der Waals surface area contributed by atoms with Crippen molar-refractivity contribution in [3.8, 4) is 34.4 Å². The van der Waals surface area contributed by atoms with Gasteiger partial charge < -0.3 is 23.5 Å². The van der Waals surface area contributed by atoms with Crippen molar-refractivity contribution in [3.05, 3.63) is 71.6 Å². The van der Waals surface area contributed by atoms with Crippen LogP contribution in [0, 0.1) is 28.4 Å².